The van der Waals surface area contributed by atoms with Gasteiger partial charge in [-0.25, -0.2) is 0 Å². The van der Waals surface area contributed by atoms with Gasteiger partial charge in [0.25, 0.3) is 0 Å². The van der Waals surface area contributed by atoms with Crippen LogP contribution in [0.25, 0.3) is 0 Å². The zero-order valence-electron chi connectivity index (χ0n) is 17.3. The van der Waals surface area contributed by atoms with Crippen molar-refractivity contribution in [3.63, 3.8) is 0 Å². The number of nitrogens with zero attached hydrogens (tertiary/aromatic N) is 3. The first kappa shape index (κ1) is 20.8. The van der Waals surface area contributed by atoms with Crippen molar-refractivity contribution >= 4 is 11.8 Å². The van der Waals surface area contributed by atoms with Gasteiger partial charge in [-0.1, -0.05) is 30.3 Å². The average Bonchev–Trinajstić information content (AvgIpc) is 2.97. The van der Waals surface area contributed by atoms with Crippen LogP contribution in [0.5, 0.6) is 0 Å². The topological polar surface area (TPSA) is 43.9 Å². The molecule has 3 rings (SSSR count). The Morgan fingerprint density at radius 1 is 0.893 bits per heavy atom. The fraction of sp³-hybridized carbons (Fsp3) is 0.652. The number of benzene rings is 1. The van der Waals surface area contributed by atoms with Crippen LogP contribution in [0.3, 0.4) is 0 Å². The van der Waals surface area contributed by atoms with Crippen LogP contribution in [0.2, 0.25) is 0 Å². The molecule has 0 saturated carbocycles. The van der Waals surface area contributed by atoms with Gasteiger partial charge in [-0.3, -0.25) is 9.59 Å². The molecule has 0 bridgehead atoms. The van der Waals surface area contributed by atoms with Crippen LogP contribution >= 0.6 is 0 Å². The lowest BCUT2D eigenvalue weighted by atomic mass is 9.95. The minimum Gasteiger partial charge on any atom is -0.343 e. The molecule has 2 heterocycles. The first-order valence-electron chi connectivity index (χ1n) is 10.9. The molecule has 0 N–H and O–H groups in total. The Balaban J connectivity index is 1.36. The Bertz CT molecular complexity index is 626. The molecule has 0 atom stereocenters. The van der Waals surface area contributed by atoms with E-state index in [0.29, 0.717) is 5.91 Å². The molecule has 2 amide bonds. The number of carbonyl (C=O) groups is 2. The maximum atomic E-state index is 12.9. The highest BCUT2D eigenvalue weighted by atomic mass is 16.2. The van der Waals surface area contributed by atoms with E-state index >= 15 is 0 Å². The second-order valence-corrected chi connectivity index (χ2v) is 8.24. The molecule has 28 heavy (non-hydrogen) atoms. The van der Waals surface area contributed by atoms with Gasteiger partial charge in [0.15, 0.2) is 0 Å². The molecule has 0 radical (unpaired) electrons. The van der Waals surface area contributed by atoms with Crippen LogP contribution in [-0.4, -0.2) is 72.3 Å². The summed E-state index contributed by atoms with van der Waals surface area (Å²) in [6.45, 7) is 8.02. The summed E-state index contributed by atoms with van der Waals surface area (Å²) in [6.07, 6.45) is 6.29. The molecule has 2 aliphatic rings. The lowest BCUT2D eigenvalue weighted by Gasteiger charge is -2.33. The van der Waals surface area contributed by atoms with Crippen LogP contribution < -0.4 is 0 Å². The van der Waals surface area contributed by atoms with E-state index in [1.165, 1.54) is 18.4 Å². The summed E-state index contributed by atoms with van der Waals surface area (Å²) >= 11 is 0. The highest BCUT2D eigenvalue weighted by molar-refractivity contribution is 5.79. The molecule has 0 spiro atoms. The SMILES string of the molecule is CC(=O)N1CCC(C(=O)N2CCCN(CCCCc3ccccc3)CC2)CC1. The fourth-order valence-corrected chi connectivity index (χ4v) is 4.42. The number of unbranched alkanes of at least 4 members (excludes halogenated alkanes) is 1. The van der Waals surface area contributed by atoms with E-state index in [2.05, 4.69) is 40.1 Å². The van der Waals surface area contributed by atoms with Crippen molar-refractivity contribution in [1.82, 2.24) is 14.7 Å². The van der Waals surface area contributed by atoms with Gasteiger partial charge in [-0.05, 0) is 57.2 Å². The van der Waals surface area contributed by atoms with Gasteiger partial charge in [0.2, 0.25) is 11.8 Å². The van der Waals surface area contributed by atoms with Crippen LogP contribution in [0.1, 0.15) is 44.6 Å². The van der Waals surface area contributed by atoms with E-state index in [9.17, 15) is 9.59 Å². The maximum Gasteiger partial charge on any atom is 0.225 e. The van der Waals surface area contributed by atoms with Crippen molar-refractivity contribution in [3.05, 3.63) is 35.9 Å². The molecule has 1 aromatic rings. The highest BCUT2D eigenvalue weighted by Gasteiger charge is 2.30. The van der Waals surface area contributed by atoms with Crippen molar-refractivity contribution in [2.24, 2.45) is 5.92 Å². The predicted molar refractivity (Wildman–Crippen MR) is 112 cm³/mol. The molecule has 2 saturated heterocycles. The van der Waals surface area contributed by atoms with Gasteiger partial charge >= 0.3 is 0 Å². The van der Waals surface area contributed by atoms with Crippen molar-refractivity contribution in [3.8, 4) is 0 Å². The number of hydrogen-bond acceptors (Lipinski definition) is 3. The van der Waals surface area contributed by atoms with Gasteiger partial charge in [0.05, 0.1) is 0 Å². The lowest BCUT2D eigenvalue weighted by molar-refractivity contribution is -0.140. The summed E-state index contributed by atoms with van der Waals surface area (Å²) in [4.78, 5) is 30.9. The van der Waals surface area contributed by atoms with Gasteiger partial charge in [-0.2, -0.15) is 0 Å². The molecule has 2 aliphatic heterocycles. The van der Waals surface area contributed by atoms with E-state index in [4.69, 9.17) is 0 Å². The molecule has 0 aromatic heterocycles. The summed E-state index contributed by atoms with van der Waals surface area (Å²) in [5, 5.41) is 0. The third-order valence-corrected chi connectivity index (χ3v) is 6.22. The molecule has 1 aromatic carbocycles. The minimum absolute atomic E-state index is 0.105. The highest BCUT2D eigenvalue weighted by Crippen LogP contribution is 2.21. The van der Waals surface area contributed by atoms with Gasteiger partial charge in [-0.15, -0.1) is 0 Å². The van der Waals surface area contributed by atoms with Crippen LogP contribution in [-0.2, 0) is 16.0 Å². The molecule has 5 nitrogen and oxygen atoms in total. The second kappa shape index (κ2) is 10.6. The number of aryl methyl sites for hydroxylation is 1. The predicted octanol–water partition coefficient (Wildman–Crippen LogP) is 2.80. The Labute approximate surface area is 169 Å². The molecule has 2 fully saturated rings. The summed E-state index contributed by atoms with van der Waals surface area (Å²) in [5.74, 6) is 0.547. The number of hydrogen-bond donors (Lipinski definition) is 0. The van der Waals surface area contributed by atoms with Crippen LogP contribution in [0.15, 0.2) is 30.3 Å². The molecule has 5 heteroatoms. The molecule has 0 unspecified atom stereocenters. The second-order valence-electron chi connectivity index (χ2n) is 8.24. The number of amides is 2. The Morgan fingerprint density at radius 3 is 2.36 bits per heavy atom. The third-order valence-electron chi connectivity index (χ3n) is 6.22. The number of carbonyl (C=O) groups excluding carboxylic acids is 2. The monoisotopic (exact) mass is 385 g/mol. The zero-order chi connectivity index (χ0) is 19.8. The quantitative estimate of drug-likeness (QED) is 0.708. The van der Waals surface area contributed by atoms with Gasteiger partial charge in [0.1, 0.15) is 0 Å². The van der Waals surface area contributed by atoms with E-state index < -0.39 is 0 Å². The third kappa shape index (κ3) is 6.06. The van der Waals surface area contributed by atoms with E-state index in [1.54, 1.807) is 6.92 Å². The van der Waals surface area contributed by atoms with Crippen molar-refractivity contribution < 1.29 is 9.59 Å². The maximum absolute atomic E-state index is 12.9. The van der Waals surface area contributed by atoms with Crippen molar-refractivity contribution in [2.45, 2.75) is 45.4 Å². The molecule has 0 aliphatic carbocycles. The Morgan fingerprint density at radius 2 is 1.64 bits per heavy atom. The summed E-state index contributed by atoms with van der Waals surface area (Å²) in [7, 11) is 0. The first-order chi connectivity index (χ1) is 13.6. The standard InChI is InChI=1S/C23H35N3O2/c1-20(27)25-16-11-22(12-17-25)23(28)26-15-7-14-24(18-19-26)13-6-5-10-21-8-3-2-4-9-21/h2-4,8-9,22H,5-7,10-19H2,1H3. The van der Waals surface area contributed by atoms with E-state index in [-0.39, 0.29) is 11.8 Å². The average molecular weight is 386 g/mol. The summed E-state index contributed by atoms with van der Waals surface area (Å²) in [5.41, 5.74) is 1.42. The van der Waals surface area contributed by atoms with Crippen LogP contribution in [0.4, 0.5) is 0 Å². The van der Waals surface area contributed by atoms with Gasteiger partial charge in [0, 0.05) is 45.6 Å². The number of rotatable bonds is 6. The fourth-order valence-electron chi connectivity index (χ4n) is 4.42. The van der Waals surface area contributed by atoms with E-state index in [0.717, 1.165) is 71.5 Å². The first-order valence-corrected chi connectivity index (χ1v) is 10.9. The largest absolute Gasteiger partial charge is 0.343 e. The molecule has 154 valence electrons. The Hall–Kier alpha value is -1.88. The van der Waals surface area contributed by atoms with Crippen molar-refractivity contribution in [1.29, 1.82) is 0 Å². The summed E-state index contributed by atoms with van der Waals surface area (Å²) in [6, 6.07) is 10.7. The Kier molecular flexibility index (Phi) is 7.90. The molecular formula is C23H35N3O2. The minimum atomic E-state index is 0.105. The smallest absolute Gasteiger partial charge is 0.225 e. The summed E-state index contributed by atoms with van der Waals surface area (Å²) < 4.78 is 0. The lowest BCUT2D eigenvalue weighted by Crippen LogP contribution is -2.44. The zero-order valence-corrected chi connectivity index (χ0v) is 17.3. The number of piperidine rings is 1. The van der Waals surface area contributed by atoms with Crippen molar-refractivity contribution in [2.75, 3.05) is 45.8 Å². The normalized spacial score (nSPS) is 19.5. The van der Waals surface area contributed by atoms with Gasteiger partial charge < -0.3 is 14.7 Å². The van der Waals surface area contributed by atoms with E-state index in [1.807, 2.05) is 4.90 Å². The van der Waals surface area contributed by atoms with Crippen LogP contribution in [0, 0.1) is 5.92 Å². The number of likely N-dealkylation sites (tertiary alicyclic amines) is 1. The molecular weight excluding hydrogens is 350 g/mol.